The Hall–Kier alpha value is -2.57. The number of aromatic nitrogens is 3. The van der Waals surface area contributed by atoms with E-state index in [1.165, 1.54) is 0 Å². The van der Waals surface area contributed by atoms with Crippen molar-refractivity contribution in [2.45, 2.75) is 18.5 Å². The first-order valence-electron chi connectivity index (χ1n) is 5.95. The normalized spacial score (nSPS) is 13.8. The van der Waals surface area contributed by atoms with Gasteiger partial charge in [-0.05, 0) is 6.07 Å². The Morgan fingerprint density at radius 1 is 1.21 bits per heavy atom. The minimum Gasteiger partial charge on any atom is -0.481 e. The number of pyridine rings is 1. The van der Waals surface area contributed by atoms with Gasteiger partial charge in [0.1, 0.15) is 5.56 Å². The van der Waals surface area contributed by atoms with Crippen LogP contribution in [-0.2, 0) is 6.18 Å². The van der Waals surface area contributed by atoms with Gasteiger partial charge in [-0.2, -0.15) is 26.3 Å². The molecular weight excluding hydrogens is 350 g/mol. The molecule has 0 spiro atoms. The van der Waals surface area contributed by atoms with E-state index in [9.17, 15) is 26.3 Å². The van der Waals surface area contributed by atoms with Gasteiger partial charge in [0, 0.05) is 0 Å². The van der Waals surface area contributed by atoms with Crippen molar-refractivity contribution in [2.24, 2.45) is 0 Å². The highest BCUT2D eigenvalue weighted by Gasteiger charge is 2.43. The van der Waals surface area contributed by atoms with E-state index in [1.807, 2.05) is 0 Å². The van der Waals surface area contributed by atoms with Crippen LogP contribution in [0.25, 0.3) is 11.6 Å². The zero-order valence-electron chi connectivity index (χ0n) is 11.6. The number of alkyl halides is 6. The molecule has 2 aromatic rings. The third-order valence-corrected chi connectivity index (χ3v) is 2.70. The lowest BCUT2D eigenvalue weighted by Gasteiger charge is -2.13. The highest BCUT2D eigenvalue weighted by atomic mass is 19.4. The molecule has 0 saturated heterocycles. The van der Waals surface area contributed by atoms with Crippen LogP contribution in [0.1, 0.15) is 17.6 Å². The second-order valence-corrected chi connectivity index (χ2v) is 4.37. The molecule has 0 aliphatic rings. The topological polar surface area (TPSA) is 107 Å². The molecule has 2 aromatic heterocycles. The molecule has 1 unspecified atom stereocenters. The number of hydrogen-bond donors (Lipinski definition) is 2. The zero-order chi connectivity index (χ0) is 18.3. The number of ether oxygens (including phenoxy) is 1. The number of hydrogen-bond acceptors (Lipinski definition) is 7. The van der Waals surface area contributed by atoms with E-state index in [0.29, 0.717) is 6.07 Å². The van der Waals surface area contributed by atoms with Gasteiger partial charge in [-0.1, -0.05) is 0 Å². The smallest absolute Gasteiger partial charge is 0.423 e. The molecule has 2 rings (SSSR count). The lowest BCUT2D eigenvalue weighted by molar-refractivity contribution is -0.213. The summed E-state index contributed by atoms with van der Waals surface area (Å²) in [6.45, 7) is 0. The molecular formula is C11H8F6N4O3. The van der Waals surface area contributed by atoms with E-state index in [4.69, 9.17) is 10.8 Å². The van der Waals surface area contributed by atoms with Crippen molar-refractivity contribution in [1.29, 1.82) is 0 Å². The van der Waals surface area contributed by atoms with E-state index in [-0.39, 0.29) is 0 Å². The Balaban J connectivity index is 2.49. The van der Waals surface area contributed by atoms with Gasteiger partial charge in [-0.25, -0.2) is 4.98 Å². The number of nitrogens with zero attached hydrogens (tertiary/aromatic N) is 3. The van der Waals surface area contributed by atoms with Crippen molar-refractivity contribution >= 4 is 5.69 Å². The van der Waals surface area contributed by atoms with Gasteiger partial charge in [0.2, 0.25) is 12.0 Å². The fourth-order valence-electron chi connectivity index (χ4n) is 1.62. The minimum absolute atomic E-state index is 0.464. The number of aliphatic hydroxyl groups excluding tert-OH is 1. The number of aliphatic hydroxyl groups is 1. The van der Waals surface area contributed by atoms with Gasteiger partial charge >= 0.3 is 12.4 Å². The average Bonchev–Trinajstić information content (AvgIpc) is 2.93. The fourth-order valence-corrected chi connectivity index (χ4v) is 1.62. The highest BCUT2D eigenvalue weighted by Crippen LogP contribution is 2.39. The molecule has 1 atom stereocenters. The summed E-state index contributed by atoms with van der Waals surface area (Å²) in [6, 6.07) is 0.464. The zero-order valence-corrected chi connectivity index (χ0v) is 11.6. The predicted molar refractivity (Wildman–Crippen MR) is 64.5 cm³/mol. The molecule has 7 nitrogen and oxygen atoms in total. The van der Waals surface area contributed by atoms with Crippen LogP contribution >= 0.6 is 0 Å². The molecule has 13 heteroatoms. The number of nitrogens with two attached hydrogens (primary N) is 1. The Bertz CT molecular complexity index is 742. The van der Waals surface area contributed by atoms with E-state index in [1.54, 1.807) is 0 Å². The third-order valence-electron chi connectivity index (χ3n) is 2.70. The van der Waals surface area contributed by atoms with Crippen molar-refractivity contribution in [2.75, 3.05) is 12.8 Å². The van der Waals surface area contributed by atoms with Gasteiger partial charge in [0.25, 0.3) is 11.8 Å². The molecule has 0 saturated carbocycles. The summed E-state index contributed by atoms with van der Waals surface area (Å²) in [6.07, 6.45) is -12.9. The second-order valence-electron chi connectivity index (χ2n) is 4.37. The summed E-state index contributed by atoms with van der Waals surface area (Å²) in [7, 11) is 0.907. The fraction of sp³-hybridized carbons (Fsp3) is 0.364. The Morgan fingerprint density at radius 2 is 1.83 bits per heavy atom. The number of methoxy groups -OCH3 is 1. The summed E-state index contributed by atoms with van der Waals surface area (Å²) in [5.41, 5.74) is 3.02. The summed E-state index contributed by atoms with van der Waals surface area (Å²) in [5.74, 6) is -2.81. The summed E-state index contributed by atoms with van der Waals surface area (Å²) in [5, 5.41) is 15.2. The number of rotatable bonds is 3. The Kier molecular flexibility index (Phi) is 4.31. The van der Waals surface area contributed by atoms with Crippen LogP contribution in [0.5, 0.6) is 5.88 Å². The molecule has 0 radical (unpaired) electrons. The van der Waals surface area contributed by atoms with Gasteiger partial charge in [-0.3, -0.25) is 0 Å². The van der Waals surface area contributed by atoms with Crippen LogP contribution in [0.4, 0.5) is 32.0 Å². The maximum absolute atomic E-state index is 12.8. The van der Waals surface area contributed by atoms with Crippen molar-refractivity contribution in [1.82, 2.24) is 15.2 Å². The van der Waals surface area contributed by atoms with Crippen LogP contribution in [0.2, 0.25) is 0 Å². The molecule has 0 bridgehead atoms. The third kappa shape index (κ3) is 3.34. The molecule has 0 aliphatic heterocycles. The average molecular weight is 358 g/mol. The van der Waals surface area contributed by atoms with Gasteiger partial charge in [-0.15, -0.1) is 10.2 Å². The minimum atomic E-state index is -5.07. The number of halogens is 6. The van der Waals surface area contributed by atoms with E-state index in [0.717, 1.165) is 7.11 Å². The molecule has 0 fully saturated rings. The van der Waals surface area contributed by atoms with Crippen LogP contribution < -0.4 is 10.5 Å². The lowest BCUT2D eigenvalue weighted by atomic mass is 10.2. The van der Waals surface area contributed by atoms with Crippen LogP contribution in [-0.4, -0.2) is 33.6 Å². The van der Waals surface area contributed by atoms with Crippen molar-refractivity contribution in [3.05, 3.63) is 17.5 Å². The van der Waals surface area contributed by atoms with Gasteiger partial charge in [0.15, 0.2) is 5.69 Å². The van der Waals surface area contributed by atoms with E-state index >= 15 is 0 Å². The van der Waals surface area contributed by atoms with Crippen molar-refractivity contribution in [3.8, 4) is 17.5 Å². The molecule has 2 heterocycles. The molecule has 132 valence electrons. The first-order valence-corrected chi connectivity index (χ1v) is 5.95. The standard InChI is InChI=1S/C11H8F6N4O3/c1-23-7-3(10(12,13)14)2-4(18)5(19-7)8-20-21-9(24-8)6(22)11(15,16)17/h2,6,22H,18H2,1H3. The largest absolute Gasteiger partial charge is 0.481 e. The molecule has 24 heavy (non-hydrogen) atoms. The van der Waals surface area contributed by atoms with Crippen molar-refractivity contribution in [3.63, 3.8) is 0 Å². The number of anilines is 1. The quantitative estimate of drug-likeness (QED) is 0.811. The number of nitrogen functional groups attached to an aromatic ring is 1. The van der Waals surface area contributed by atoms with Crippen LogP contribution in [0.15, 0.2) is 10.5 Å². The van der Waals surface area contributed by atoms with Crippen LogP contribution in [0, 0.1) is 0 Å². The van der Waals surface area contributed by atoms with E-state index < -0.39 is 53.1 Å². The maximum atomic E-state index is 12.8. The van der Waals surface area contributed by atoms with E-state index in [2.05, 4.69) is 24.3 Å². The second kappa shape index (κ2) is 5.81. The predicted octanol–water partition coefficient (Wildman–Crippen LogP) is 2.34. The SMILES string of the molecule is COc1nc(-c2nnc(C(O)C(F)(F)F)o2)c(N)cc1C(F)(F)F. The summed E-state index contributed by atoms with van der Waals surface area (Å²) >= 11 is 0. The monoisotopic (exact) mass is 358 g/mol. The Labute approximate surface area is 129 Å². The first-order chi connectivity index (χ1) is 10.9. The van der Waals surface area contributed by atoms with Crippen LogP contribution in [0.3, 0.4) is 0 Å². The summed E-state index contributed by atoms with van der Waals surface area (Å²) < 4.78 is 84.6. The van der Waals surface area contributed by atoms with Crippen molar-refractivity contribution < 1.29 is 40.6 Å². The van der Waals surface area contributed by atoms with Gasteiger partial charge in [0.05, 0.1) is 12.8 Å². The summed E-state index contributed by atoms with van der Waals surface area (Å²) in [4.78, 5) is 3.44. The molecule has 0 aliphatic carbocycles. The molecule has 0 amide bonds. The molecule has 0 aromatic carbocycles. The lowest BCUT2D eigenvalue weighted by Crippen LogP contribution is -2.20. The highest BCUT2D eigenvalue weighted by molar-refractivity contribution is 5.68. The van der Waals surface area contributed by atoms with Gasteiger partial charge < -0.3 is 20.0 Å². The Morgan fingerprint density at radius 3 is 2.33 bits per heavy atom. The molecule has 3 N–H and O–H groups in total. The maximum Gasteiger partial charge on any atom is 0.423 e. The first kappa shape index (κ1) is 17.8.